The zero-order chi connectivity index (χ0) is 18.6. The van der Waals surface area contributed by atoms with Crippen LogP contribution in [0.5, 0.6) is 0 Å². The van der Waals surface area contributed by atoms with Crippen molar-refractivity contribution in [2.75, 3.05) is 5.32 Å². The summed E-state index contributed by atoms with van der Waals surface area (Å²) in [7, 11) is 1.69. The van der Waals surface area contributed by atoms with Gasteiger partial charge >= 0.3 is 0 Å². The maximum atomic E-state index is 13.6. The van der Waals surface area contributed by atoms with Crippen LogP contribution in [-0.4, -0.2) is 31.8 Å². The van der Waals surface area contributed by atoms with Crippen LogP contribution in [0.1, 0.15) is 19.2 Å². The van der Waals surface area contributed by atoms with E-state index in [1.165, 1.54) is 6.07 Å². The van der Waals surface area contributed by atoms with Crippen molar-refractivity contribution in [3.63, 3.8) is 0 Å². The van der Waals surface area contributed by atoms with E-state index in [0.29, 0.717) is 17.4 Å². The predicted molar refractivity (Wildman–Crippen MR) is 88.8 cm³/mol. The molecular formula is C15H17F2N5O2S. The number of thioether (sulfide) groups is 1. The summed E-state index contributed by atoms with van der Waals surface area (Å²) >= 11 is 1.08. The number of primary amides is 1. The number of hydrogen-bond donors (Lipinski definition) is 2. The van der Waals surface area contributed by atoms with Gasteiger partial charge in [0.2, 0.25) is 11.8 Å². The monoisotopic (exact) mass is 369 g/mol. The molecule has 0 spiro atoms. The molecule has 2 aromatic rings. The number of para-hydroxylation sites is 1. The molecule has 1 atom stereocenters. The fourth-order valence-electron chi connectivity index (χ4n) is 1.95. The van der Waals surface area contributed by atoms with Crippen LogP contribution in [0.4, 0.5) is 14.5 Å². The molecule has 2 amide bonds. The van der Waals surface area contributed by atoms with Gasteiger partial charge in [-0.15, -0.1) is 10.2 Å². The Labute approximate surface area is 147 Å². The molecule has 7 nitrogen and oxygen atoms in total. The number of nitrogens with two attached hydrogens (primary N) is 1. The number of carbonyl (C=O) groups is 2. The normalized spacial score (nSPS) is 12.0. The van der Waals surface area contributed by atoms with Gasteiger partial charge in [-0.3, -0.25) is 9.59 Å². The molecule has 0 unspecified atom stereocenters. The number of anilines is 1. The summed E-state index contributed by atoms with van der Waals surface area (Å²) in [6, 6.07) is 3.33. The Hall–Kier alpha value is -2.49. The fraction of sp³-hybridized carbons (Fsp3) is 0.333. The molecule has 1 aromatic carbocycles. The lowest BCUT2D eigenvalue weighted by molar-refractivity contribution is -0.118. The lowest BCUT2D eigenvalue weighted by atomic mass is 10.3. The topological polar surface area (TPSA) is 103 Å². The molecule has 0 bridgehead atoms. The van der Waals surface area contributed by atoms with E-state index in [1.807, 2.05) is 0 Å². The van der Waals surface area contributed by atoms with E-state index in [9.17, 15) is 18.4 Å². The molecule has 0 aliphatic heterocycles. The van der Waals surface area contributed by atoms with Crippen molar-refractivity contribution >= 4 is 29.3 Å². The number of amides is 2. The molecule has 0 saturated carbocycles. The third-order valence-electron chi connectivity index (χ3n) is 3.38. The van der Waals surface area contributed by atoms with Gasteiger partial charge in [0.1, 0.15) is 23.1 Å². The van der Waals surface area contributed by atoms with E-state index in [1.54, 1.807) is 18.5 Å². The minimum atomic E-state index is -0.849. The van der Waals surface area contributed by atoms with E-state index in [0.717, 1.165) is 23.9 Å². The average Bonchev–Trinajstić information content (AvgIpc) is 2.89. The van der Waals surface area contributed by atoms with Gasteiger partial charge < -0.3 is 15.6 Å². The Bertz CT molecular complexity index is 776. The first-order valence-corrected chi connectivity index (χ1v) is 8.25. The van der Waals surface area contributed by atoms with Crippen LogP contribution in [-0.2, 0) is 23.1 Å². The molecule has 0 saturated heterocycles. The Morgan fingerprint density at radius 1 is 1.32 bits per heavy atom. The summed E-state index contributed by atoms with van der Waals surface area (Å²) in [4.78, 5) is 23.0. The largest absolute Gasteiger partial charge is 0.370 e. The second-order valence-electron chi connectivity index (χ2n) is 5.27. The summed E-state index contributed by atoms with van der Waals surface area (Å²) < 4.78 is 28.8. The summed E-state index contributed by atoms with van der Waals surface area (Å²) in [6.07, 6.45) is 0.472. The first kappa shape index (κ1) is 18.8. The smallest absolute Gasteiger partial charge is 0.237 e. The van der Waals surface area contributed by atoms with Crippen molar-refractivity contribution in [3.05, 3.63) is 35.7 Å². The second-order valence-corrected chi connectivity index (χ2v) is 6.58. The number of aromatic nitrogens is 3. The summed E-state index contributed by atoms with van der Waals surface area (Å²) in [5.74, 6) is -2.17. The van der Waals surface area contributed by atoms with Crippen LogP contribution in [0.2, 0.25) is 0 Å². The number of hydrogen-bond acceptors (Lipinski definition) is 5. The van der Waals surface area contributed by atoms with E-state index in [2.05, 4.69) is 15.5 Å². The van der Waals surface area contributed by atoms with Crippen LogP contribution in [0.3, 0.4) is 0 Å². The molecule has 134 valence electrons. The van der Waals surface area contributed by atoms with E-state index in [-0.39, 0.29) is 6.42 Å². The minimum absolute atomic E-state index is 0.138. The van der Waals surface area contributed by atoms with E-state index in [4.69, 9.17) is 5.73 Å². The predicted octanol–water partition coefficient (Wildman–Crippen LogP) is 1.63. The van der Waals surface area contributed by atoms with Gasteiger partial charge in [-0.25, -0.2) is 8.78 Å². The van der Waals surface area contributed by atoms with Crippen molar-refractivity contribution in [1.29, 1.82) is 0 Å². The van der Waals surface area contributed by atoms with Gasteiger partial charge in [0.05, 0.1) is 5.25 Å². The first-order chi connectivity index (χ1) is 11.8. The average molecular weight is 369 g/mol. The minimum Gasteiger partial charge on any atom is -0.370 e. The first-order valence-electron chi connectivity index (χ1n) is 7.37. The van der Waals surface area contributed by atoms with Crippen molar-refractivity contribution in [2.45, 2.75) is 30.2 Å². The molecule has 0 aliphatic rings. The molecule has 25 heavy (non-hydrogen) atoms. The number of nitrogens with zero attached hydrogens (tertiary/aromatic N) is 3. The molecule has 0 aliphatic carbocycles. The highest BCUT2D eigenvalue weighted by molar-refractivity contribution is 8.00. The third-order valence-corrected chi connectivity index (χ3v) is 4.52. The Morgan fingerprint density at radius 3 is 2.56 bits per heavy atom. The Balaban J connectivity index is 2.03. The summed E-state index contributed by atoms with van der Waals surface area (Å²) in [5.41, 5.74) is 4.61. The van der Waals surface area contributed by atoms with E-state index >= 15 is 0 Å². The highest BCUT2D eigenvalue weighted by Crippen LogP contribution is 2.24. The van der Waals surface area contributed by atoms with Gasteiger partial charge in [0, 0.05) is 19.9 Å². The molecule has 0 radical (unpaired) electrons. The lowest BCUT2D eigenvalue weighted by Gasteiger charge is -2.12. The van der Waals surface area contributed by atoms with Crippen LogP contribution >= 0.6 is 11.8 Å². The molecule has 2 rings (SSSR count). The molecule has 0 fully saturated rings. The SMILES string of the molecule is C[C@@H](Sc1nnc(CCC(N)=O)n1C)C(=O)Nc1c(F)cccc1F. The zero-order valence-electron chi connectivity index (χ0n) is 13.6. The van der Waals surface area contributed by atoms with Crippen molar-refractivity contribution < 1.29 is 18.4 Å². The third kappa shape index (κ3) is 4.75. The maximum absolute atomic E-state index is 13.6. The van der Waals surface area contributed by atoms with Crippen molar-refractivity contribution in [2.24, 2.45) is 12.8 Å². The van der Waals surface area contributed by atoms with Crippen LogP contribution < -0.4 is 11.1 Å². The number of benzene rings is 1. The molecule has 1 aromatic heterocycles. The number of aryl methyl sites for hydroxylation is 1. The number of carbonyl (C=O) groups excluding carboxylic acids is 2. The van der Waals surface area contributed by atoms with Gasteiger partial charge in [-0.2, -0.15) is 0 Å². The van der Waals surface area contributed by atoms with Crippen molar-refractivity contribution in [3.8, 4) is 0 Å². The molecular weight excluding hydrogens is 352 g/mol. The van der Waals surface area contributed by atoms with Crippen LogP contribution in [0.15, 0.2) is 23.4 Å². The van der Waals surface area contributed by atoms with Gasteiger partial charge in [0.15, 0.2) is 5.16 Å². The maximum Gasteiger partial charge on any atom is 0.237 e. The summed E-state index contributed by atoms with van der Waals surface area (Å²) in [6.45, 7) is 1.58. The lowest BCUT2D eigenvalue weighted by Crippen LogP contribution is -2.24. The molecule has 3 N–H and O–H groups in total. The van der Waals surface area contributed by atoms with Gasteiger partial charge in [-0.05, 0) is 19.1 Å². The molecule has 1 heterocycles. The fourth-order valence-corrected chi connectivity index (χ4v) is 2.79. The zero-order valence-corrected chi connectivity index (χ0v) is 14.4. The Kier molecular flexibility index (Phi) is 6.07. The molecule has 10 heteroatoms. The number of nitrogens with one attached hydrogen (secondary N) is 1. The van der Waals surface area contributed by atoms with Crippen LogP contribution in [0, 0.1) is 11.6 Å². The van der Waals surface area contributed by atoms with Crippen molar-refractivity contribution in [1.82, 2.24) is 14.8 Å². The number of halogens is 2. The van der Waals surface area contributed by atoms with Crippen LogP contribution in [0.25, 0.3) is 0 Å². The second kappa shape index (κ2) is 8.06. The highest BCUT2D eigenvalue weighted by atomic mass is 32.2. The Morgan fingerprint density at radius 2 is 1.96 bits per heavy atom. The van der Waals surface area contributed by atoms with E-state index < -0.39 is 34.4 Å². The van der Waals surface area contributed by atoms with Gasteiger partial charge in [-0.1, -0.05) is 17.8 Å². The quantitative estimate of drug-likeness (QED) is 0.722. The van der Waals surface area contributed by atoms with Gasteiger partial charge in [0.25, 0.3) is 0 Å². The summed E-state index contributed by atoms with van der Waals surface area (Å²) in [5, 5.41) is 9.90. The highest BCUT2D eigenvalue weighted by Gasteiger charge is 2.21. The standard InChI is InChI=1S/C15H17F2N5O2S/c1-8(14(24)19-13-9(16)4-3-5-10(13)17)25-15-21-20-12(22(15)2)7-6-11(18)23/h3-5,8H,6-7H2,1-2H3,(H2,18,23)(H,19,24)/t8-/m1/s1. The number of rotatable bonds is 7.